The van der Waals surface area contributed by atoms with E-state index in [1.54, 1.807) is 24.1 Å². The molecular weight excluding hydrogens is 396 g/mol. The molecule has 1 fully saturated rings. The van der Waals surface area contributed by atoms with Crippen molar-refractivity contribution in [1.82, 2.24) is 4.98 Å². The van der Waals surface area contributed by atoms with Crippen molar-refractivity contribution in [3.63, 3.8) is 0 Å². The standard InChI is InChI=1S/C21H21ClN2O3S/c1-13-17(22)8-9-18-19(13)23-21(28-18)24(12-16-7-4-10-27-16)20(25)14-5-3-6-15(11-14)26-2/h3,5-6,8-9,11,16H,4,7,10,12H2,1-2H3. The summed E-state index contributed by atoms with van der Waals surface area (Å²) in [5.41, 5.74) is 2.32. The number of hydrogen-bond donors (Lipinski definition) is 0. The number of methoxy groups -OCH3 is 1. The molecule has 0 saturated carbocycles. The van der Waals surface area contributed by atoms with Crippen LogP contribution in [0.2, 0.25) is 5.02 Å². The van der Waals surface area contributed by atoms with Crippen LogP contribution in [0.1, 0.15) is 28.8 Å². The number of fused-ring (bicyclic) bond motifs is 1. The zero-order valence-electron chi connectivity index (χ0n) is 15.8. The Bertz CT molecular complexity index is 1010. The van der Waals surface area contributed by atoms with E-state index in [2.05, 4.69) is 0 Å². The molecule has 1 unspecified atom stereocenters. The Kier molecular flexibility index (Phi) is 5.53. The van der Waals surface area contributed by atoms with Gasteiger partial charge in [-0.1, -0.05) is 29.0 Å². The molecule has 1 amide bonds. The van der Waals surface area contributed by atoms with E-state index < -0.39 is 0 Å². The Morgan fingerprint density at radius 3 is 3.00 bits per heavy atom. The van der Waals surface area contributed by atoms with Gasteiger partial charge in [0.1, 0.15) is 5.75 Å². The Balaban J connectivity index is 1.74. The summed E-state index contributed by atoms with van der Waals surface area (Å²) in [6.45, 7) is 3.16. The van der Waals surface area contributed by atoms with Crippen molar-refractivity contribution in [2.24, 2.45) is 0 Å². The number of aryl methyl sites for hydroxylation is 1. The molecule has 2 aromatic carbocycles. The minimum atomic E-state index is -0.114. The fraction of sp³-hybridized carbons (Fsp3) is 0.333. The molecule has 0 bridgehead atoms. The van der Waals surface area contributed by atoms with Crippen LogP contribution in [0.5, 0.6) is 5.75 Å². The van der Waals surface area contributed by atoms with E-state index in [1.165, 1.54) is 11.3 Å². The molecule has 1 aliphatic heterocycles. The Morgan fingerprint density at radius 2 is 2.25 bits per heavy atom. The molecule has 5 nitrogen and oxygen atoms in total. The maximum absolute atomic E-state index is 13.4. The van der Waals surface area contributed by atoms with Crippen molar-refractivity contribution in [2.75, 3.05) is 25.2 Å². The van der Waals surface area contributed by atoms with Gasteiger partial charge in [0.25, 0.3) is 5.91 Å². The second kappa shape index (κ2) is 8.07. The van der Waals surface area contributed by atoms with Crippen molar-refractivity contribution in [2.45, 2.75) is 25.9 Å². The van der Waals surface area contributed by atoms with Gasteiger partial charge < -0.3 is 9.47 Å². The highest BCUT2D eigenvalue weighted by Gasteiger charge is 2.27. The van der Waals surface area contributed by atoms with Crippen molar-refractivity contribution in [3.05, 3.63) is 52.5 Å². The SMILES string of the molecule is COc1cccc(C(=O)N(CC2CCCO2)c2nc3c(C)c(Cl)ccc3s2)c1. The van der Waals surface area contributed by atoms with Gasteiger partial charge in [-0.15, -0.1) is 0 Å². The molecule has 1 saturated heterocycles. The first-order chi connectivity index (χ1) is 13.6. The molecule has 0 radical (unpaired) electrons. The van der Waals surface area contributed by atoms with Crippen LogP contribution in [-0.4, -0.2) is 37.3 Å². The molecule has 3 aromatic rings. The van der Waals surface area contributed by atoms with Crippen molar-refractivity contribution < 1.29 is 14.3 Å². The quantitative estimate of drug-likeness (QED) is 0.581. The number of hydrogen-bond acceptors (Lipinski definition) is 5. The first-order valence-electron chi connectivity index (χ1n) is 9.20. The van der Waals surface area contributed by atoms with Crippen LogP contribution in [0, 0.1) is 6.92 Å². The number of carbonyl (C=O) groups is 1. The Morgan fingerprint density at radius 1 is 1.39 bits per heavy atom. The summed E-state index contributed by atoms with van der Waals surface area (Å²) in [5, 5.41) is 1.33. The molecule has 28 heavy (non-hydrogen) atoms. The van der Waals surface area contributed by atoms with Crippen molar-refractivity contribution >= 4 is 44.2 Å². The fourth-order valence-corrected chi connectivity index (χ4v) is 4.54. The lowest BCUT2D eigenvalue weighted by Crippen LogP contribution is -2.37. The second-order valence-corrected chi connectivity index (χ2v) is 8.21. The summed E-state index contributed by atoms with van der Waals surface area (Å²) >= 11 is 7.75. The van der Waals surface area contributed by atoms with Gasteiger partial charge >= 0.3 is 0 Å². The van der Waals surface area contributed by atoms with Crippen LogP contribution in [0.15, 0.2) is 36.4 Å². The van der Waals surface area contributed by atoms with Crippen molar-refractivity contribution in [3.8, 4) is 5.75 Å². The second-order valence-electron chi connectivity index (χ2n) is 6.80. The number of nitrogens with zero attached hydrogens (tertiary/aromatic N) is 2. The summed E-state index contributed by atoms with van der Waals surface area (Å²) in [5.74, 6) is 0.534. The molecule has 146 valence electrons. The predicted molar refractivity (Wildman–Crippen MR) is 113 cm³/mol. The molecule has 1 atom stereocenters. The topological polar surface area (TPSA) is 51.7 Å². The normalized spacial score (nSPS) is 16.5. The van der Waals surface area contributed by atoms with Crippen molar-refractivity contribution in [1.29, 1.82) is 0 Å². The number of anilines is 1. The van der Waals surface area contributed by atoms with Gasteiger partial charge in [0, 0.05) is 17.2 Å². The first kappa shape index (κ1) is 19.2. The molecular formula is C21H21ClN2O3S. The highest BCUT2D eigenvalue weighted by atomic mass is 35.5. The summed E-state index contributed by atoms with van der Waals surface area (Å²) in [7, 11) is 1.59. The number of benzene rings is 2. The van der Waals surface area contributed by atoms with Crippen LogP contribution >= 0.6 is 22.9 Å². The van der Waals surface area contributed by atoms with Gasteiger partial charge in [-0.05, 0) is 55.7 Å². The number of halogens is 1. The van der Waals surface area contributed by atoms with E-state index in [4.69, 9.17) is 26.1 Å². The third-order valence-electron chi connectivity index (χ3n) is 4.94. The summed E-state index contributed by atoms with van der Waals surface area (Å²) < 4.78 is 12.1. The Labute approximate surface area is 172 Å². The number of rotatable bonds is 5. The number of thiazole rings is 1. The highest BCUT2D eigenvalue weighted by Crippen LogP contribution is 2.35. The van der Waals surface area contributed by atoms with Gasteiger partial charge in [0.05, 0.1) is 30.0 Å². The predicted octanol–water partition coefficient (Wildman–Crippen LogP) is 5.09. The highest BCUT2D eigenvalue weighted by molar-refractivity contribution is 7.22. The molecule has 0 spiro atoms. The summed E-state index contributed by atoms with van der Waals surface area (Å²) in [6.07, 6.45) is 1.98. The first-order valence-corrected chi connectivity index (χ1v) is 10.4. The third kappa shape index (κ3) is 3.72. The van der Waals surface area contributed by atoms with E-state index >= 15 is 0 Å². The van der Waals surface area contributed by atoms with Gasteiger partial charge in [-0.3, -0.25) is 9.69 Å². The maximum Gasteiger partial charge on any atom is 0.260 e. The van der Waals surface area contributed by atoms with E-state index in [1.807, 2.05) is 31.2 Å². The maximum atomic E-state index is 13.4. The zero-order valence-corrected chi connectivity index (χ0v) is 17.3. The lowest BCUT2D eigenvalue weighted by molar-refractivity contribution is 0.0917. The summed E-state index contributed by atoms with van der Waals surface area (Å²) in [6, 6.07) is 11.0. The molecule has 1 aliphatic rings. The average Bonchev–Trinajstić information content (AvgIpc) is 3.38. The third-order valence-corrected chi connectivity index (χ3v) is 6.39. The molecule has 1 aromatic heterocycles. The number of carbonyl (C=O) groups excluding carboxylic acids is 1. The van der Waals surface area contributed by atoms with E-state index in [0.717, 1.165) is 35.2 Å². The fourth-order valence-electron chi connectivity index (χ4n) is 3.36. The van der Waals surface area contributed by atoms with Gasteiger partial charge in [-0.2, -0.15) is 0 Å². The van der Waals surface area contributed by atoms with Crippen LogP contribution in [0.3, 0.4) is 0 Å². The van der Waals surface area contributed by atoms with Crippen LogP contribution in [0.4, 0.5) is 5.13 Å². The largest absolute Gasteiger partial charge is 0.497 e. The number of aromatic nitrogens is 1. The average molecular weight is 417 g/mol. The van der Waals surface area contributed by atoms with Crippen LogP contribution in [0.25, 0.3) is 10.2 Å². The van der Waals surface area contributed by atoms with Gasteiger partial charge in [-0.25, -0.2) is 4.98 Å². The Hall–Kier alpha value is -2.15. The van der Waals surface area contributed by atoms with E-state index in [9.17, 15) is 4.79 Å². The van der Waals surface area contributed by atoms with Gasteiger partial charge in [0.15, 0.2) is 5.13 Å². The number of ether oxygens (including phenoxy) is 2. The summed E-state index contributed by atoms with van der Waals surface area (Å²) in [4.78, 5) is 19.9. The molecule has 0 N–H and O–H groups in total. The van der Waals surface area contributed by atoms with Crippen LogP contribution < -0.4 is 9.64 Å². The molecule has 2 heterocycles. The molecule has 4 rings (SSSR count). The van der Waals surface area contributed by atoms with E-state index in [-0.39, 0.29) is 12.0 Å². The lowest BCUT2D eigenvalue weighted by atomic mass is 10.1. The smallest absolute Gasteiger partial charge is 0.260 e. The minimum absolute atomic E-state index is 0.0197. The molecule has 0 aliphatic carbocycles. The molecule has 7 heteroatoms. The monoisotopic (exact) mass is 416 g/mol. The number of amides is 1. The van der Waals surface area contributed by atoms with E-state index in [0.29, 0.717) is 28.0 Å². The zero-order chi connectivity index (χ0) is 19.7. The van der Waals surface area contributed by atoms with Gasteiger partial charge in [0.2, 0.25) is 0 Å². The lowest BCUT2D eigenvalue weighted by Gasteiger charge is -2.23. The van der Waals surface area contributed by atoms with Crippen LogP contribution in [-0.2, 0) is 4.74 Å². The minimum Gasteiger partial charge on any atom is -0.497 e.